The fourth-order valence-electron chi connectivity index (χ4n) is 1.80. The lowest BCUT2D eigenvalue weighted by atomic mass is 10.2. The minimum absolute atomic E-state index is 0.0663. The third-order valence-electron chi connectivity index (χ3n) is 2.84. The first-order chi connectivity index (χ1) is 9.84. The molecule has 0 unspecified atom stereocenters. The Morgan fingerprint density at radius 2 is 2.10 bits per heavy atom. The number of thiophene rings is 1. The smallest absolute Gasteiger partial charge is 0.245 e. The monoisotopic (exact) mass is 393 g/mol. The van der Waals surface area contributed by atoms with Gasteiger partial charge >= 0.3 is 0 Å². The van der Waals surface area contributed by atoms with Crippen molar-refractivity contribution in [1.82, 2.24) is 4.31 Å². The highest BCUT2D eigenvalue weighted by molar-refractivity contribution is 9.11. The summed E-state index contributed by atoms with van der Waals surface area (Å²) in [5.74, 6) is -0.405. The second kappa shape index (κ2) is 6.53. The predicted molar refractivity (Wildman–Crippen MR) is 83.0 cm³/mol. The van der Waals surface area contributed by atoms with Gasteiger partial charge in [-0.25, -0.2) is 12.8 Å². The minimum atomic E-state index is -3.71. The maximum Gasteiger partial charge on any atom is 0.245 e. The average molecular weight is 394 g/mol. The highest BCUT2D eigenvalue weighted by Crippen LogP contribution is 2.33. The molecule has 21 heavy (non-hydrogen) atoms. The van der Waals surface area contributed by atoms with Crippen molar-refractivity contribution in [3.8, 4) is 0 Å². The van der Waals surface area contributed by atoms with E-state index in [-0.39, 0.29) is 18.0 Å². The van der Waals surface area contributed by atoms with Gasteiger partial charge in [-0.3, -0.25) is 0 Å². The molecule has 0 amide bonds. The van der Waals surface area contributed by atoms with Crippen LogP contribution < -0.4 is 0 Å². The summed E-state index contributed by atoms with van der Waals surface area (Å²) in [5.41, 5.74) is 0.565. The summed E-state index contributed by atoms with van der Waals surface area (Å²) in [6, 6.07) is 7.24. The molecule has 1 aromatic carbocycles. The molecule has 0 atom stereocenters. The standard InChI is InChI=1S/C13H13BrFNO3S2/c1-16(7-9-3-2-4-10(15)5-9)21(18,19)12-6-11(8-17)20-13(12)14/h2-6,17H,7-8H2,1H3. The van der Waals surface area contributed by atoms with E-state index in [1.165, 1.54) is 42.6 Å². The summed E-state index contributed by atoms with van der Waals surface area (Å²) in [6.07, 6.45) is 0. The average Bonchev–Trinajstić information content (AvgIpc) is 2.80. The molecule has 8 heteroatoms. The largest absolute Gasteiger partial charge is 0.391 e. The SMILES string of the molecule is CN(Cc1cccc(F)c1)S(=O)(=O)c1cc(CO)sc1Br. The molecule has 0 aliphatic heterocycles. The van der Waals surface area contributed by atoms with Crippen molar-refractivity contribution in [3.63, 3.8) is 0 Å². The van der Waals surface area contributed by atoms with Crippen LogP contribution in [-0.4, -0.2) is 24.9 Å². The molecular formula is C13H13BrFNO3S2. The summed E-state index contributed by atoms with van der Waals surface area (Å²) < 4.78 is 39.7. The van der Waals surface area contributed by atoms with E-state index in [4.69, 9.17) is 5.11 Å². The zero-order chi connectivity index (χ0) is 15.6. The lowest BCUT2D eigenvalue weighted by Crippen LogP contribution is -2.26. The first-order valence-corrected chi connectivity index (χ1v) is 8.99. The van der Waals surface area contributed by atoms with E-state index in [1.54, 1.807) is 6.07 Å². The topological polar surface area (TPSA) is 57.6 Å². The van der Waals surface area contributed by atoms with Gasteiger partial charge in [0.1, 0.15) is 10.7 Å². The van der Waals surface area contributed by atoms with Crippen molar-refractivity contribution in [2.75, 3.05) is 7.05 Å². The van der Waals surface area contributed by atoms with Gasteiger partial charge in [0.25, 0.3) is 0 Å². The summed E-state index contributed by atoms with van der Waals surface area (Å²) in [4.78, 5) is 0.662. The zero-order valence-corrected chi connectivity index (χ0v) is 14.3. The van der Waals surface area contributed by atoms with Crippen LogP contribution in [0.2, 0.25) is 0 Å². The normalized spacial score (nSPS) is 12.0. The van der Waals surface area contributed by atoms with Gasteiger partial charge in [-0.2, -0.15) is 4.31 Å². The Labute approximate surface area is 135 Å². The van der Waals surface area contributed by atoms with Crippen LogP contribution in [0, 0.1) is 5.82 Å². The molecule has 0 spiro atoms. The summed E-state index contributed by atoms with van der Waals surface area (Å²) in [6.45, 7) is -0.150. The molecule has 1 heterocycles. The zero-order valence-electron chi connectivity index (χ0n) is 11.1. The molecule has 114 valence electrons. The van der Waals surface area contributed by atoms with Crippen molar-refractivity contribution in [1.29, 1.82) is 0 Å². The molecule has 0 aliphatic rings. The molecule has 0 radical (unpaired) electrons. The lowest BCUT2D eigenvalue weighted by molar-refractivity contribution is 0.285. The number of aliphatic hydroxyl groups excluding tert-OH is 1. The number of benzene rings is 1. The van der Waals surface area contributed by atoms with Crippen LogP contribution in [0.3, 0.4) is 0 Å². The van der Waals surface area contributed by atoms with Gasteiger partial charge in [-0.05, 0) is 39.7 Å². The van der Waals surface area contributed by atoms with Gasteiger partial charge in [-0.15, -0.1) is 11.3 Å². The van der Waals surface area contributed by atoms with Crippen molar-refractivity contribution < 1.29 is 17.9 Å². The van der Waals surface area contributed by atoms with Gasteiger partial charge in [-0.1, -0.05) is 12.1 Å². The number of rotatable bonds is 5. The Bertz CT molecular complexity index is 746. The molecule has 0 aliphatic carbocycles. The van der Waals surface area contributed by atoms with Crippen molar-refractivity contribution >= 4 is 37.3 Å². The van der Waals surface area contributed by atoms with Crippen molar-refractivity contribution in [2.24, 2.45) is 0 Å². The van der Waals surface area contributed by atoms with Crippen LogP contribution in [0.4, 0.5) is 4.39 Å². The molecule has 1 N–H and O–H groups in total. The van der Waals surface area contributed by atoms with Crippen LogP contribution in [-0.2, 0) is 23.2 Å². The van der Waals surface area contributed by atoms with Gasteiger partial charge in [0.05, 0.1) is 10.4 Å². The Hall–Kier alpha value is -0.800. The van der Waals surface area contributed by atoms with Crippen molar-refractivity contribution in [2.45, 2.75) is 18.0 Å². The number of hydrogen-bond acceptors (Lipinski definition) is 4. The highest BCUT2D eigenvalue weighted by atomic mass is 79.9. The van der Waals surface area contributed by atoms with Gasteiger partial charge in [0.15, 0.2) is 0 Å². The minimum Gasteiger partial charge on any atom is -0.391 e. The van der Waals surface area contributed by atoms with Crippen LogP contribution in [0.1, 0.15) is 10.4 Å². The highest BCUT2D eigenvalue weighted by Gasteiger charge is 2.25. The van der Waals surface area contributed by atoms with E-state index in [0.29, 0.717) is 14.2 Å². The van der Waals surface area contributed by atoms with Crippen LogP contribution in [0.15, 0.2) is 39.0 Å². The van der Waals surface area contributed by atoms with Gasteiger partial charge < -0.3 is 5.11 Å². The molecule has 4 nitrogen and oxygen atoms in total. The summed E-state index contributed by atoms with van der Waals surface area (Å²) in [5, 5.41) is 9.08. The second-order valence-corrected chi connectivity index (χ2v) is 8.87. The maximum absolute atomic E-state index is 13.1. The molecule has 1 aromatic heterocycles. The first-order valence-electron chi connectivity index (χ1n) is 5.94. The van der Waals surface area contributed by atoms with Crippen LogP contribution >= 0.6 is 27.3 Å². The molecule has 0 fully saturated rings. The number of nitrogens with zero attached hydrogens (tertiary/aromatic N) is 1. The molecule has 2 aromatic rings. The maximum atomic E-state index is 13.1. The fraction of sp³-hybridized carbons (Fsp3) is 0.231. The van der Waals surface area contributed by atoms with E-state index in [9.17, 15) is 12.8 Å². The van der Waals surface area contributed by atoms with Gasteiger partial charge in [0.2, 0.25) is 10.0 Å². The number of aliphatic hydroxyl groups is 1. The van der Waals surface area contributed by atoms with E-state index in [1.807, 2.05) is 0 Å². The molecule has 0 bridgehead atoms. The van der Waals surface area contributed by atoms with Crippen LogP contribution in [0.5, 0.6) is 0 Å². The van der Waals surface area contributed by atoms with Crippen molar-refractivity contribution in [3.05, 3.63) is 50.4 Å². The Morgan fingerprint density at radius 1 is 1.38 bits per heavy atom. The third kappa shape index (κ3) is 3.70. The van der Waals surface area contributed by atoms with E-state index in [0.717, 1.165) is 4.31 Å². The molecular weight excluding hydrogens is 381 g/mol. The third-order valence-corrected chi connectivity index (χ3v) is 6.89. The lowest BCUT2D eigenvalue weighted by Gasteiger charge is -2.16. The first kappa shape index (κ1) is 16.6. The van der Waals surface area contributed by atoms with E-state index < -0.39 is 15.8 Å². The number of sulfonamides is 1. The Kier molecular flexibility index (Phi) is 5.15. The fourth-order valence-corrected chi connectivity index (χ4v) is 5.44. The second-order valence-electron chi connectivity index (χ2n) is 4.40. The molecule has 0 saturated carbocycles. The number of halogens is 2. The summed E-state index contributed by atoms with van der Waals surface area (Å²) >= 11 is 4.37. The molecule has 2 rings (SSSR count). The predicted octanol–water partition coefficient (Wildman–Crippen LogP) is 2.96. The quantitative estimate of drug-likeness (QED) is 0.849. The summed E-state index contributed by atoms with van der Waals surface area (Å²) in [7, 11) is -2.27. The molecule has 0 saturated heterocycles. The van der Waals surface area contributed by atoms with Crippen LogP contribution in [0.25, 0.3) is 0 Å². The van der Waals surface area contributed by atoms with E-state index >= 15 is 0 Å². The van der Waals surface area contributed by atoms with Gasteiger partial charge in [0, 0.05) is 18.5 Å². The Balaban J connectivity index is 2.28. The Morgan fingerprint density at radius 3 is 2.67 bits per heavy atom. The number of hydrogen-bond donors (Lipinski definition) is 1. The van der Waals surface area contributed by atoms with E-state index in [2.05, 4.69) is 15.9 Å².